The number of hydrogen-bond donors (Lipinski definition) is 2. The molecule has 0 radical (unpaired) electrons. The number of carbonyl (C=O) groups is 1. The number of ether oxygens (including phenoxy) is 1. The molecule has 110 valence electrons. The van der Waals surface area contributed by atoms with Crippen LogP contribution in [0.2, 0.25) is 0 Å². The zero-order valence-corrected chi connectivity index (χ0v) is 12.0. The Kier molecular flexibility index (Phi) is 5.38. The van der Waals surface area contributed by atoms with E-state index in [4.69, 9.17) is 10.5 Å². The quantitative estimate of drug-likeness (QED) is 0.837. The van der Waals surface area contributed by atoms with Gasteiger partial charge >= 0.3 is 0 Å². The second-order valence-corrected chi connectivity index (χ2v) is 5.19. The summed E-state index contributed by atoms with van der Waals surface area (Å²) in [7, 11) is 2.13. The highest BCUT2D eigenvalue weighted by Crippen LogP contribution is 2.19. The van der Waals surface area contributed by atoms with E-state index in [9.17, 15) is 4.79 Å². The van der Waals surface area contributed by atoms with Gasteiger partial charge in [0.15, 0.2) is 0 Å². The lowest BCUT2D eigenvalue weighted by atomic mass is 10.1. The fourth-order valence-electron chi connectivity index (χ4n) is 2.27. The van der Waals surface area contributed by atoms with Gasteiger partial charge in [-0.05, 0) is 44.2 Å². The second-order valence-electron chi connectivity index (χ2n) is 5.19. The standard InChI is InChI=1S/C15H23N3O2/c1-18-10-6-14(7-11-18)20-13-4-2-12(3-5-13)15(19)17-9-8-16/h2-5,14H,6-11,16H2,1H3,(H,17,19). The highest BCUT2D eigenvalue weighted by Gasteiger charge is 2.18. The van der Waals surface area contributed by atoms with E-state index in [0.29, 0.717) is 18.7 Å². The predicted octanol–water partition coefficient (Wildman–Crippen LogP) is 0.848. The molecular formula is C15H23N3O2. The minimum absolute atomic E-state index is 0.0960. The Morgan fingerprint density at radius 1 is 1.35 bits per heavy atom. The average Bonchev–Trinajstić information content (AvgIpc) is 2.48. The van der Waals surface area contributed by atoms with Gasteiger partial charge in [0.05, 0.1) is 0 Å². The number of likely N-dealkylation sites (tertiary alicyclic amines) is 1. The highest BCUT2D eigenvalue weighted by atomic mass is 16.5. The van der Waals surface area contributed by atoms with Crippen LogP contribution in [0.3, 0.4) is 0 Å². The molecule has 2 rings (SSSR count). The van der Waals surface area contributed by atoms with Gasteiger partial charge in [-0.3, -0.25) is 4.79 Å². The van der Waals surface area contributed by atoms with Crippen molar-refractivity contribution in [3.05, 3.63) is 29.8 Å². The van der Waals surface area contributed by atoms with E-state index in [2.05, 4.69) is 17.3 Å². The van der Waals surface area contributed by atoms with Crippen LogP contribution in [0.25, 0.3) is 0 Å². The minimum atomic E-state index is -0.0960. The molecule has 0 aromatic heterocycles. The van der Waals surface area contributed by atoms with Gasteiger partial charge in [-0.15, -0.1) is 0 Å². The summed E-state index contributed by atoms with van der Waals surface area (Å²) in [5.41, 5.74) is 5.99. The molecule has 5 heteroatoms. The molecule has 1 amide bonds. The SMILES string of the molecule is CN1CCC(Oc2ccc(C(=O)NCCN)cc2)CC1. The summed E-state index contributed by atoms with van der Waals surface area (Å²) >= 11 is 0. The summed E-state index contributed by atoms with van der Waals surface area (Å²) in [5.74, 6) is 0.733. The molecular weight excluding hydrogens is 254 g/mol. The highest BCUT2D eigenvalue weighted by molar-refractivity contribution is 5.94. The Labute approximate surface area is 120 Å². The van der Waals surface area contributed by atoms with E-state index in [1.807, 2.05) is 12.1 Å². The number of piperidine rings is 1. The molecule has 20 heavy (non-hydrogen) atoms. The number of nitrogens with two attached hydrogens (primary N) is 1. The summed E-state index contributed by atoms with van der Waals surface area (Å²) < 4.78 is 5.94. The first-order valence-electron chi connectivity index (χ1n) is 7.12. The van der Waals surface area contributed by atoms with E-state index in [1.165, 1.54) is 0 Å². The van der Waals surface area contributed by atoms with Gasteiger partial charge in [0.25, 0.3) is 5.91 Å². The molecule has 0 saturated carbocycles. The zero-order chi connectivity index (χ0) is 14.4. The van der Waals surface area contributed by atoms with Crippen LogP contribution in [0.15, 0.2) is 24.3 Å². The monoisotopic (exact) mass is 277 g/mol. The van der Waals surface area contributed by atoms with E-state index < -0.39 is 0 Å². The number of rotatable bonds is 5. The molecule has 3 N–H and O–H groups in total. The number of carbonyl (C=O) groups excluding carboxylic acids is 1. The molecule has 1 saturated heterocycles. The fraction of sp³-hybridized carbons (Fsp3) is 0.533. The predicted molar refractivity (Wildman–Crippen MR) is 79.0 cm³/mol. The van der Waals surface area contributed by atoms with Crippen molar-refractivity contribution in [2.75, 3.05) is 33.2 Å². The number of nitrogens with zero attached hydrogens (tertiary/aromatic N) is 1. The Balaban J connectivity index is 1.86. The third-order valence-electron chi connectivity index (χ3n) is 3.51. The van der Waals surface area contributed by atoms with Gasteiger partial charge in [-0.2, -0.15) is 0 Å². The Morgan fingerprint density at radius 2 is 2.00 bits per heavy atom. The number of hydrogen-bond acceptors (Lipinski definition) is 4. The smallest absolute Gasteiger partial charge is 0.251 e. The van der Waals surface area contributed by atoms with Crippen molar-refractivity contribution in [1.82, 2.24) is 10.2 Å². The molecule has 0 aliphatic carbocycles. The van der Waals surface area contributed by atoms with E-state index >= 15 is 0 Å². The van der Waals surface area contributed by atoms with Gasteiger partial charge < -0.3 is 20.7 Å². The van der Waals surface area contributed by atoms with Gasteiger partial charge in [-0.1, -0.05) is 0 Å². The molecule has 1 fully saturated rings. The maximum atomic E-state index is 11.7. The van der Waals surface area contributed by atoms with E-state index in [0.717, 1.165) is 31.7 Å². The Hall–Kier alpha value is -1.59. The minimum Gasteiger partial charge on any atom is -0.490 e. The van der Waals surface area contributed by atoms with Crippen molar-refractivity contribution in [2.45, 2.75) is 18.9 Å². The number of benzene rings is 1. The fourth-order valence-corrected chi connectivity index (χ4v) is 2.27. The average molecular weight is 277 g/mol. The summed E-state index contributed by atoms with van der Waals surface area (Å²) in [4.78, 5) is 14.0. The second kappa shape index (κ2) is 7.26. The van der Waals surface area contributed by atoms with Crippen LogP contribution in [-0.4, -0.2) is 50.1 Å². The molecule has 0 bridgehead atoms. The van der Waals surface area contributed by atoms with Gasteiger partial charge in [-0.25, -0.2) is 0 Å². The molecule has 1 aliphatic heterocycles. The summed E-state index contributed by atoms with van der Waals surface area (Å²) in [5, 5.41) is 2.74. The molecule has 0 unspecified atom stereocenters. The van der Waals surface area contributed by atoms with Gasteiger partial charge in [0, 0.05) is 31.7 Å². The first kappa shape index (κ1) is 14.8. The molecule has 1 aromatic rings. The Morgan fingerprint density at radius 3 is 2.60 bits per heavy atom. The lowest BCUT2D eigenvalue weighted by Gasteiger charge is -2.29. The zero-order valence-electron chi connectivity index (χ0n) is 12.0. The van der Waals surface area contributed by atoms with Crippen LogP contribution in [0.5, 0.6) is 5.75 Å². The van der Waals surface area contributed by atoms with Crippen LogP contribution in [0.1, 0.15) is 23.2 Å². The molecule has 1 heterocycles. The van der Waals surface area contributed by atoms with Crippen LogP contribution in [-0.2, 0) is 0 Å². The normalized spacial score (nSPS) is 16.9. The van der Waals surface area contributed by atoms with Crippen molar-refractivity contribution in [1.29, 1.82) is 0 Å². The van der Waals surface area contributed by atoms with Crippen molar-refractivity contribution in [2.24, 2.45) is 5.73 Å². The first-order chi connectivity index (χ1) is 9.69. The maximum absolute atomic E-state index is 11.7. The van der Waals surface area contributed by atoms with Crippen LogP contribution >= 0.6 is 0 Å². The van der Waals surface area contributed by atoms with Crippen LogP contribution < -0.4 is 15.8 Å². The Bertz CT molecular complexity index is 425. The molecule has 1 aliphatic rings. The maximum Gasteiger partial charge on any atom is 0.251 e. The van der Waals surface area contributed by atoms with E-state index in [1.54, 1.807) is 12.1 Å². The van der Waals surface area contributed by atoms with Gasteiger partial charge in [0.2, 0.25) is 0 Å². The van der Waals surface area contributed by atoms with Crippen molar-refractivity contribution in [3.63, 3.8) is 0 Å². The summed E-state index contributed by atoms with van der Waals surface area (Å²) in [6.07, 6.45) is 2.38. The lowest BCUT2D eigenvalue weighted by molar-refractivity contribution is 0.0954. The third kappa shape index (κ3) is 4.21. The van der Waals surface area contributed by atoms with E-state index in [-0.39, 0.29) is 12.0 Å². The lowest BCUT2D eigenvalue weighted by Crippen LogP contribution is -2.35. The first-order valence-corrected chi connectivity index (χ1v) is 7.12. The van der Waals surface area contributed by atoms with Gasteiger partial charge in [0.1, 0.15) is 11.9 Å². The van der Waals surface area contributed by atoms with Crippen molar-refractivity contribution in [3.8, 4) is 5.75 Å². The summed E-state index contributed by atoms with van der Waals surface area (Å²) in [6, 6.07) is 7.29. The third-order valence-corrected chi connectivity index (χ3v) is 3.51. The van der Waals surface area contributed by atoms with Crippen molar-refractivity contribution < 1.29 is 9.53 Å². The largest absolute Gasteiger partial charge is 0.490 e. The van der Waals surface area contributed by atoms with Crippen LogP contribution in [0.4, 0.5) is 0 Å². The molecule has 5 nitrogen and oxygen atoms in total. The molecule has 1 aromatic carbocycles. The summed E-state index contributed by atoms with van der Waals surface area (Å²) in [6.45, 7) is 3.09. The number of nitrogens with one attached hydrogen (secondary N) is 1. The van der Waals surface area contributed by atoms with Crippen LogP contribution in [0, 0.1) is 0 Å². The number of amides is 1. The molecule has 0 spiro atoms. The van der Waals surface area contributed by atoms with Crippen molar-refractivity contribution >= 4 is 5.91 Å². The molecule has 0 atom stereocenters. The topological polar surface area (TPSA) is 67.6 Å².